The fourth-order valence-corrected chi connectivity index (χ4v) is 5.30. The lowest BCUT2D eigenvalue weighted by molar-refractivity contribution is 0.336. The van der Waals surface area contributed by atoms with Crippen LogP contribution in [0.15, 0.2) is 61.1 Å². The van der Waals surface area contributed by atoms with E-state index in [1.807, 2.05) is 49.4 Å². The van der Waals surface area contributed by atoms with Crippen LogP contribution in [0.4, 0.5) is 14.7 Å². The van der Waals surface area contributed by atoms with Crippen molar-refractivity contribution in [3.05, 3.63) is 78.0 Å². The summed E-state index contributed by atoms with van der Waals surface area (Å²) in [6.07, 6.45) is 3.40. The molecule has 3 aromatic heterocycles. The predicted molar refractivity (Wildman–Crippen MR) is 139 cm³/mol. The number of thiophene rings is 1. The van der Waals surface area contributed by atoms with Crippen LogP contribution in [-0.2, 0) is 6.54 Å². The Morgan fingerprint density at radius 2 is 2.03 bits per heavy atom. The molecule has 0 amide bonds. The lowest BCUT2D eigenvalue weighted by Crippen LogP contribution is -2.14. The van der Waals surface area contributed by atoms with E-state index in [4.69, 9.17) is 0 Å². The van der Waals surface area contributed by atoms with Crippen LogP contribution in [0, 0.1) is 12.7 Å². The Labute approximate surface area is 211 Å². The smallest absolute Gasteiger partial charge is 0.223 e. The minimum absolute atomic E-state index is 0.223. The van der Waals surface area contributed by atoms with Gasteiger partial charge in [0.2, 0.25) is 5.95 Å². The molecule has 36 heavy (non-hydrogen) atoms. The summed E-state index contributed by atoms with van der Waals surface area (Å²) in [7, 11) is 1.74. The summed E-state index contributed by atoms with van der Waals surface area (Å²) in [5, 5.41) is 14.7. The van der Waals surface area contributed by atoms with Crippen molar-refractivity contribution in [1.29, 1.82) is 0 Å². The van der Waals surface area contributed by atoms with Crippen molar-refractivity contribution >= 4 is 27.4 Å². The number of aromatic nitrogens is 5. The van der Waals surface area contributed by atoms with Crippen LogP contribution in [-0.4, -0.2) is 45.1 Å². The molecular formula is C26H25F2N7S. The van der Waals surface area contributed by atoms with E-state index in [1.54, 1.807) is 24.1 Å². The summed E-state index contributed by atoms with van der Waals surface area (Å²) in [5.41, 5.74) is 3.66. The first-order valence-electron chi connectivity index (χ1n) is 11.6. The molecule has 184 valence electrons. The van der Waals surface area contributed by atoms with Gasteiger partial charge in [0.1, 0.15) is 11.9 Å². The molecule has 0 saturated carbocycles. The fourth-order valence-electron chi connectivity index (χ4n) is 4.12. The van der Waals surface area contributed by atoms with Gasteiger partial charge < -0.3 is 10.6 Å². The topological polar surface area (TPSA) is 80.5 Å². The molecule has 1 unspecified atom stereocenters. The van der Waals surface area contributed by atoms with Gasteiger partial charge in [0.05, 0.1) is 23.8 Å². The van der Waals surface area contributed by atoms with E-state index in [1.165, 1.54) is 17.5 Å². The molecule has 0 radical (unpaired) electrons. The molecule has 0 bridgehead atoms. The second-order valence-electron chi connectivity index (χ2n) is 8.43. The first-order chi connectivity index (χ1) is 17.5. The second-order valence-corrected chi connectivity index (χ2v) is 9.49. The molecule has 0 aliphatic rings. The number of aryl methyl sites for hydroxylation is 1. The third-order valence-electron chi connectivity index (χ3n) is 5.84. The van der Waals surface area contributed by atoms with E-state index >= 15 is 4.39 Å². The van der Waals surface area contributed by atoms with Crippen LogP contribution >= 0.6 is 11.3 Å². The predicted octanol–water partition coefficient (Wildman–Crippen LogP) is 5.41. The number of rotatable bonds is 9. The molecular weight excluding hydrogens is 480 g/mol. The van der Waals surface area contributed by atoms with Gasteiger partial charge in [-0.1, -0.05) is 47.2 Å². The Kier molecular flexibility index (Phi) is 6.97. The van der Waals surface area contributed by atoms with Gasteiger partial charge in [0.25, 0.3) is 0 Å². The number of halogens is 2. The van der Waals surface area contributed by atoms with Crippen LogP contribution in [0.25, 0.3) is 31.8 Å². The third-order valence-corrected chi connectivity index (χ3v) is 7.03. The number of anilines is 1. The summed E-state index contributed by atoms with van der Waals surface area (Å²) in [6.45, 7) is 3.30. The van der Waals surface area contributed by atoms with Crippen molar-refractivity contribution < 1.29 is 8.78 Å². The Balaban J connectivity index is 1.50. The van der Waals surface area contributed by atoms with Crippen LogP contribution in [0.1, 0.15) is 17.3 Å². The summed E-state index contributed by atoms with van der Waals surface area (Å²) >= 11 is 1.44. The summed E-state index contributed by atoms with van der Waals surface area (Å²) in [6, 6.07) is 13.6. The van der Waals surface area contributed by atoms with Gasteiger partial charge in [-0.3, -0.25) is 4.68 Å². The second kappa shape index (κ2) is 10.5. The molecule has 1 atom stereocenters. The Morgan fingerprint density at radius 1 is 1.14 bits per heavy atom. The Morgan fingerprint density at radius 3 is 2.83 bits per heavy atom. The SMILES string of the molecule is CNCC(F)c1ccc(C)cc1-c1cccc2cc(-c3nc(NCCn4ccnn4)ncc3F)sc12. The molecule has 0 fully saturated rings. The highest BCUT2D eigenvalue weighted by Gasteiger charge is 2.19. The van der Waals surface area contributed by atoms with E-state index in [-0.39, 0.29) is 12.2 Å². The zero-order valence-corrected chi connectivity index (χ0v) is 20.7. The molecule has 0 saturated heterocycles. The Bertz CT molecular complexity index is 1480. The molecule has 0 aliphatic carbocycles. The van der Waals surface area contributed by atoms with Crippen molar-refractivity contribution in [2.24, 2.45) is 0 Å². The number of alkyl halides is 1. The van der Waals surface area contributed by atoms with Gasteiger partial charge in [0, 0.05) is 24.0 Å². The molecule has 2 aromatic carbocycles. The standard InChI is InChI=1S/C26H25F2N7S/c1-16-6-7-18(21(27)14-29-2)20(12-16)19-5-3-4-17-13-23(36-25(17)19)24-22(28)15-31-26(33-24)30-8-10-35-11-9-32-34-35/h3-7,9,11-13,15,21,29H,8,10,14H2,1-2H3,(H,30,31,33). The van der Waals surface area contributed by atoms with Crippen LogP contribution < -0.4 is 10.6 Å². The maximum atomic E-state index is 15.0. The molecule has 0 spiro atoms. The number of hydrogen-bond donors (Lipinski definition) is 2. The number of hydrogen-bond acceptors (Lipinski definition) is 7. The average Bonchev–Trinajstić information content (AvgIpc) is 3.55. The maximum absolute atomic E-state index is 15.0. The van der Waals surface area contributed by atoms with Crippen LogP contribution in [0.3, 0.4) is 0 Å². The van der Waals surface area contributed by atoms with E-state index in [9.17, 15) is 4.39 Å². The summed E-state index contributed by atoms with van der Waals surface area (Å²) in [5.74, 6) is -0.170. The largest absolute Gasteiger partial charge is 0.352 e. The minimum atomic E-state index is -1.15. The minimum Gasteiger partial charge on any atom is -0.352 e. The van der Waals surface area contributed by atoms with Gasteiger partial charge in [-0.25, -0.2) is 18.7 Å². The van der Waals surface area contributed by atoms with Gasteiger partial charge >= 0.3 is 0 Å². The van der Waals surface area contributed by atoms with Crippen molar-refractivity contribution in [3.63, 3.8) is 0 Å². The van der Waals surface area contributed by atoms with Gasteiger partial charge in [-0.15, -0.1) is 16.4 Å². The monoisotopic (exact) mass is 505 g/mol. The quantitative estimate of drug-likeness (QED) is 0.279. The van der Waals surface area contributed by atoms with E-state index < -0.39 is 12.0 Å². The summed E-state index contributed by atoms with van der Waals surface area (Å²) < 4.78 is 32.5. The number of nitrogens with zero attached hydrogens (tertiary/aromatic N) is 5. The summed E-state index contributed by atoms with van der Waals surface area (Å²) in [4.78, 5) is 9.20. The van der Waals surface area contributed by atoms with Crippen LogP contribution in [0.5, 0.6) is 0 Å². The zero-order valence-electron chi connectivity index (χ0n) is 19.9. The van der Waals surface area contributed by atoms with E-state index in [0.29, 0.717) is 29.5 Å². The highest BCUT2D eigenvalue weighted by Crippen LogP contribution is 2.42. The molecule has 7 nitrogen and oxygen atoms in total. The van der Waals surface area contributed by atoms with E-state index in [0.717, 1.165) is 26.8 Å². The number of fused-ring (bicyclic) bond motifs is 1. The molecule has 10 heteroatoms. The first-order valence-corrected chi connectivity index (χ1v) is 12.4. The molecule has 5 rings (SSSR count). The molecule has 5 aromatic rings. The first kappa shape index (κ1) is 24.0. The average molecular weight is 506 g/mol. The molecule has 2 N–H and O–H groups in total. The lowest BCUT2D eigenvalue weighted by Gasteiger charge is -2.15. The molecule has 3 heterocycles. The van der Waals surface area contributed by atoms with E-state index in [2.05, 4.69) is 30.9 Å². The molecule has 0 aliphatic heterocycles. The Hall–Kier alpha value is -3.76. The highest BCUT2D eigenvalue weighted by molar-refractivity contribution is 7.22. The van der Waals surface area contributed by atoms with Crippen molar-refractivity contribution in [3.8, 4) is 21.7 Å². The third kappa shape index (κ3) is 4.95. The van der Waals surface area contributed by atoms with Crippen molar-refractivity contribution in [1.82, 2.24) is 30.3 Å². The van der Waals surface area contributed by atoms with Crippen molar-refractivity contribution in [2.45, 2.75) is 19.6 Å². The van der Waals surface area contributed by atoms with Crippen LogP contribution in [0.2, 0.25) is 0 Å². The number of benzene rings is 2. The zero-order chi connectivity index (χ0) is 25.1. The van der Waals surface area contributed by atoms with Gasteiger partial charge in [-0.2, -0.15) is 0 Å². The van der Waals surface area contributed by atoms with Gasteiger partial charge in [0.15, 0.2) is 5.82 Å². The number of nitrogens with one attached hydrogen (secondary N) is 2. The van der Waals surface area contributed by atoms with Crippen molar-refractivity contribution in [2.75, 3.05) is 25.5 Å². The maximum Gasteiger partial charge on any atom is 0.223 e. The normalized spacial score (nSPS) is 12.2. The fraction of sp³-hybridized carbons (Fsp3) is 0.231. The lowest BCUT2D eigenvalue weighted by atomic mass is 9.94. The number of likely N-dealkylation sites (N-methyl/N-ethyl adjacent to an activating group) is 1. The highest BCUT2D eigenvalue weighted by atomic mass is 32.1. The van der Waals surface area contributed by atoms with Gasteiger partial charge in [-0.05, 0) is 42.1 Å².